The summed E-state index contributed by atoms with van der Waals surface area (Å²) in [5.74, 6) is 0. The first-order valence-corrected chi connectivity index (χ1v) is 7.34. The fraction of sp³-hybridized carbons (Fsp3) is 0.500. The highest BCUT2D eigenvalue weighted by atomic mass is 79.9. The second kappa shape index (κ2) is 5.13. The van der Waals surface area contributed by atoms with Gasteiger partial charge < -0.3 is 9.84 Å². The van der Waals surface area contributed by atoms with Crippen LogP contribution in [-0.4, -0.2) is 34.9 Å². The summed E-state index contributed by atoms with van der Waals surface area (Å²) in [5, 5.41) is 9.53. The lowest BCUT2D eigenvalue weighted by atomic mass is 10.0. The van der Waals surface area contributed by atoms with Crippen molar-refractivity contribution in [3.8, 4) is 0 Å². The van der Waals surface area contributed by atoms with Gasteiger partial charge in [-0.25, -0.2) is 4.79 Å². The minimum Gasteiger partial charge on any atom is -0.465 e. The largest absolute Gasteiger partial charge is 0.465 e. The van der Waals surface area contributed by atoms with Gasteiger partial charge in [-0.15, -0.1) is 0 Å². The van der Waals surface area contributed by atoms with E-state index in [1.165, 1.54) is 0 Å². The van der Waals surface area contributed by atoms with E-state index in [1.807, 2.05) is 24.3 Å². The van der Waals surface area contributed by atoms with Crippen LogP contribution in [0.15, 0.2) is 28.7 Å². The average molecular weight is 326 g/mol. The van der Waals surface area contributed by atoms with Crippen molar-refractivity contribution in [2.75, 3.05) is 6.61 Å². The number of amides is 1. The van der Waals surface area contributed by atoms with Crippen molar-refractivity contribution in [1.29, 1.82) is 0 Å². The second-order valence-corrected chi connectivity index (χ2v) is 6.04. The number of morpholine rings is 1. The van der Waals surface area contributed by atoms with E-state index in [2.05, 4.69) is 15.9 Å². The maximum atomic E-state index is 11.6. The number of hydrogen-bond acceptors (Lipinski definition) is 2. The van der Waals surface area contributed by atoms with Crippen LogP contribution in [0.5, 0.6) is 0 Å². The van der Waals surface area contributed by atoms with Gasteiger partial charge in [-0.1, -0.05) is 28.1 Å². The molecule has 3 unspecified atom stereocenters. The van der Waals surface area contributed by atoms with E-state index in [-0.39, 0.29) is 18.2 Å². The summed E-state index contributed by atoms with van der Waals surface area (Å²) in [6.07, 6.45) is 2.17. The lowest BCUT2D eigenvalue weighted by Crippen LogP contribution is -2.52. The standard InChI is InChI=1S/C14H16BrNO3/c15-10-6-4-9(5-7-10)12-8-19-13-3-1-2-11(13)16(12)14(17)18/h4-7,11-13H,1-3,8H2,(H,17,18). The number of hydrogen-bond donors (Lipinski definition) is 1. The molecule has 2 fully saturated rings. The SMILES string of the molecule is O=C(O)N1C(c2ccc(Br)cc2)COC2CCCC21. The van der Waals surface area contributed by atoms with Crippen molar-refractivity contribution in [3.05, 3.63) is 34.3 Å². The molecule has 1 saturated carbocycles. The Labute approximate surface area is 120 Å². The quantitative estimate of drug-likeness (QED) is 0.860. The summed E-state index contributed by atoms with van der Waals surface area (Å²) in [7, 11) is 0. The zero-order valence-corrected chi connectivity index (χ0v) is 12.0. The van der Waals surface area contributed by atoms with Crippen LogP contribution in [0, 0.1) is 0 Å². The summed E-state index contributed by atoms with van der Waals surface area (Å²) >= 11 is 3.40. The predicted molar refractivity (Wildman–Crippen MR) is 74.1 cm³/mol. The molecule has 1 N–H and O–H groups in total. The van der Waals surface area contributed by atoms with Crippen molar-refractivity contribution in [1.82, 2.24) is 4.90 Å². The highest BCUT2D eigenvalue weighted by Crippen LogP contribution is 2.38. The minimum atomic E-state index is -0.840. The summed E-state index contributed by atoms with van der Waals surface area (Å²) in [5.41, 5.74) is 0.996. The van der Waals surface area contributed by atoms with E-state index in [9.17, 15) is 9.90 Å². The smallest absolute Gasteiger partial charge is 0.408 e. The highest BCUT2D eigenvalue weighted by Gasteiger charge is 2.43. The second-order valence-electron chi connectivity index (χ2n) is 5.13. The van der Waals surface area contributed by atoms with E-state index in [1.54, 1.807) is 4.90 Å². The molecule has 0 spiro atoms. The molecule has 19 heavy (non-hydrogen) atoms. The van der Waals surface area contributed by atoms with Crippen LogP contribution in [-0.2, 0) is 4.74 Å². The maximum Gasteiger partial charge on any atom is 0.408 e. The summed E-state index contributed by atoms with van der Waals surface area (Å²) in [6, 6.07) is 7.63. The molecule has 0 bridgehead atoms. The van der Waals surface area contributed by atoms with Gasteiger partial charge in [-0.3, -0.25) is 4.90 Å². The number of rotatable bonds is 1. The Kier molecular flexibility index (Phi) is 3.50. The Morgan fingerprint density at radius 1 is 1.32 bits per heavy atom. The van der Waals surface area contributed by atoms with Crippen LogP contribution < -0.4 is 0 Å². The molecule has 2 aliphatic rings. The van der Waals surface area contributed by atoms with Gasteiger partial charge in [0.1, 0.15) is 0 Å². The number of fused-ring (bicyclic) bond motifs is 1. The lowest BCUT2D eigenvalue weighted by molar-refractivity contribution is -0.0795. The van der Waals surface area contributed by atoms with Crippen molar-refractivity contribution >= 4 is 22.0 Å². The van der Waals surface area contributed by atoms with Gasteiger partial charge in [0, 0.05) is 4.47 Å². The van der Waals surface area contributed by atoms with Crippen LogP contribution in [0.3, 0.4) is 0 Å². The summed E-state index contributed by atoms with van der Waals surface area (Å²) in [4.78, 5) is 13.2. The first kappa shape index (κ1) is 12.9. The van der Waals surface area contributed by atoms with Gasteiger partial charge in [0.25, 0.3) is 0 Å². The Balaban J connectivity index is 1.91. The monoisotopic (exact) mass is 325 g/mol. The van der Waals surface area contributed by atoms with Gasteiger partial charge >= 0.3 is 6.09 Å². The number of benzene rings is 1. The first-order valence-electron chi connectivity index (χ1n) is 6.55. The molecule has 0 radical (unpaired) electrons. The predicted octanol–water partition coefficient (Wildman–Crippen LogP) is 3.42. The van der Waals surface area contributed by atoms with Crippen molar-refractivity contribution < 1.29 is 14.6 Å². The molecule has 0 aromatic heterocycles. The third kappa shape index (κ3) is 2.37. The molecule has 1 aliphatic carbocycles. The van der Waals surface area contributed by atoms with E-state index < -0.39 is 6.09 Å². The number of ether oxygens (including phenoxy) is 1. The number of halogens is 1. The molecule has 3 rings (SSSR count). The van der Waals surface area contributed by atoms with Gasteiger partial charge in [-0.05, 0) is 37.0 Å². The summed E-state index contributed by atoms with van der Waals surface area (Å²) in [6.45, 7) is 0.453. The van der Waals surface area contributed by atoms with Gasteiger partial charge in [0.2, 0.25) is 0 Å². The fourth-order valence-corrected chi connectivity index (χ4v) is 3.43. The van der Waals surface area contributed by atoms with E-state index >= 15 is 0 Å². The molecule has 1 amide bonds. The van der Waals surface area contributed by atoms with Crippen LogP contribution in [0.1, 0.15) is 30.9 Å². The van der Waals surface area contributed by atoms with Crippen molar-refractivity contribution in [2.24, 2.45) is 0 Å². The average Bonchev–Trinajstić information content (AvgIpc) is 2.86. The Hall–Kier alpha value is -1.07. The molecule has 3 atom stereocenters. The van der Waals surface area contributed by atoms with Crippen LogP contribution >= 0.6 is 15.9 Å². The van der Waals surface area contributed by atoms with Crippen molar-refractivity contribution in [3.63, 3.8) is 0 Å². The summed E-state index contributed by atoms with van der Waals surface area (Å²) < 4.78 is 6.86. The molecule has 1 heterocycles. The van der Waals surface area contributed by atoms with Crippen LogP contribution in [0.25, 0.3) is 0 Å². The Morgan fingerprint density at radius 2 is 2.05 bits per heavy atom. The molecule has 1 aliphatic heterocycles. The molecule has 1 aromatic carbocycles. The number of nitrogens with zero attached hydrogens (tertiary/aromatic N) is 1. The Bertz CT molecular complexity index is 476. The van der Waals surface area contributed by atoms with Gasteiger partial charge in [0.15, 0.2) is 0 Å². The van der Waals surface area contributed by atoms with Crippen molar-refractivity contribution in [2.45, 2.75) is 37.5 Å². The van der Waals surface area contributed by atoms with E-state index in [0.29, 0.717) is 6.61 Å². The van der Waals surface area contributed by atoms with E-state index in [4.69, 9.17) is 4.74 Å². The third-order valence-electron chi connectivity index (χ3n) is 4.05. The Morgan fingerprint density at radius 3 is 2.74 bits per heavy atom. The zero-order chi connectivity index (χ0) is 13.4. The van der Waals surface area contributed by atoms with Gasteiger partial charge in [0.05, 0.1) is 24.8 Å². The van der Waals surface area contributed by atoms with Gasteiger partial charge in [-0.2, -0.15) is 0 Å². The topological polar surface area (TPSA) is 49.8 Å². The fourth-order valence-electron chi connectivity index (χ4n) is 3.16. The normalized spacial score (nSPS) is 30.2. The molecule has 1 saturated heterocycles. The third-order valence-corrected chi connectivity index (χ3v) is 4.58. The van der Waals surface area contributed by atoms with Crippen LogP contribution in [0.4, 0.5) is 4.79 Å². The minimum absolute atomic E-state index is 0.0138. The molecular weight excluding hydrogens is 310 g/mol. The molecule has 102 valence electrons. The van der Waals surface area contributed by atoms with E-state index in [0.717, 1.165) is 29.3 Å². The first-order chi connectivity index (χ1) is 9.16. The lowest BCUT2D eigenvalue weighted by Gasteiger charge is -2.42. The zero-order valence-electron chi connectivity index (χ0n) is 10.5. The number of carboxylic acid groups (broad SMARTS) is 1. The molecule has 5 heteroatoms. The highest BCUT2D eigenvalue weighted by molar-refractivity contribution is 9.10. The molecule has 1 aromatic rings. The number of carbonyl (C=O) groups is 1. The maximum absolute atomic E-state index is 11.6. The molecular formula is C14H16BrNO3. The molecule has 4 nitrogen and oxygen atoms in total. The van der Waals surface area contributed by atoms with Crippen LogP contribution in [0.2, 0.25) is 0 Å².